The summed E-state index contributed by atoms with van der Waals surface area (Å²) in [5.74, 6) is -1.16. The molecule has 0 atom stereocenters. The molecule has 27 heavy (non-hydrogen) atoms. The van der Waals surface area contributed by atoms with Crippen LogP contribution in [-0.2, 0) is 20.0 Å². The van der Waals surface area contributed by atoms with Crippen molar-refractivity contribution in [1.82, 2.24) is 5.16 Å². The first-order chi connectivity index (χ1) is 12.3. The van der Waals surface area contributed by atoms with Gasteiger partial charge in [0.05, 0.1) is 10.6 Å². The maximum absolute atomic E-state index is 12.9. The highest BCUT2D eigenvalue weighted by Gasteiger charge is 2.27. The zero-order chi connectivity index (χ0) is 20.7. The van der Waals surface area contributed by atoms with Gasteiger partial charge in [-0.3, -0.25) is 10.1 Å². The third-order valence-electron chi connectivity index (χ3n) is 5.10. The summed E-state index contributed by atoms with van der Waals surface area (Å²) in [6, 6.07) is 1.61. The summed E-state index contributed by atoms with van der Waals surface area (Å²) in [7, 11) is -3.80. The van der Waals surface area contributed by atoms with Crippen LogP contribution in [0.4, 0.5) is 5.88 Å². The molecule has 0 aliphatic heterocycles. The van der Waals surface area contributed by atoms with E-state index in [2.05, 4.69) is 10.5 Å². The molecule has 1 heterocycles. The van der Waals surface area contributed by atoms with Crippen molar-refractivity contribution in [2.24, 2.45) is 0 Å². The lowest BCUT2D eigenvalue weighted by Crippen LogP contribution is -2.24. The molecule has 1 N–H and O–H groups in total. The highest BCUT2D eigenvalue weighted by molar-refractivity contribution is 7.92. The predicted molar refractivity (Wildman–Crippen MR) is 106 cm³/mol. The van der Waals surface area contributed by atoms with E-state index < -0.39 is 21.5 Å². The highest BCUT2D eigenvalue weighted by Crippen LogP contribution is 2.30. The number of aromatic nitrogens is 1. The number of benzene rings is 1. The molecule has 0 bridgehead atoms. The minimum absolute atomic E-state index is 0.143. The van der Waals surface area contributed by atoms with E-state index >= 15 is 0 Å². The third-order valence-corrected chi connectivity index (χ3v) is 6.98. The second-order valence-corrected chi connectivity index (χ2v) is 10.0. The van der Waals surface area contributed by atoms with Crippen LogP contribution in [0.25, 0.3) is 0 Å². The summed E-state index contributed by atoms with van der Waals surface area (Å²) in [6.07, 6.45) is 0. The standard InChI is InChI=1S/C20H28N2O4S/c1-11-12(2)14(4)19(15(5)13(11)3)27(24,25)10-17(23)21-18-9-16(22-26-18)20(6,7)8/h9H,10H2,1-8H3,(H,21,23). The summed E-state index contributed by atoms with van der Waals surface area (Å²) in [4.78, 5) is 12.6. The summed E-state index contributed by atoms with van der Waals surface area (Å²) in [5, 5.41) is 6.41. The number of sulfone groups is 1. The number of anilines is 1. The number of nitrogens with zero attached hydrogens (tertiary/aromatic N) is 1. The summed E-state index contributed by atoms with van der Waals surface area (Å²) < 4.78 is 31.0. The normalized spacial score (nSPS) is 12.3. The molecule has 7 heteroatoms. The van der Waals surface area contributed by atoms with Crippen molar-refractivity contribution in [3.05, 3.63) is 39.6 Å². The lowest BCUT2D eigenvalue weighted by atomic mass is 9.92. The minimum atomic E-state index is -3.80. The second kappa shape index (κ2) is 7.11. The van der Waals surface area contributed by atoms with E-state index in [1.54, 1.807) is 19.9 Å². The monoisotopic (exact) mass is 392 g/mol. The van der Waals surface area contributed by atoms with Crippen LogP contribution in [0.3, 0.4) is 0 Å². The van der Waals surface area contributed by atoms with Crippen LogP contribution >= 0.6 is 0 Å². The Morgan fingerprint density at radius 2 is 1.48 bits per heavy atom. The van der Waals surface area contributed by atoms with E-state index in [0.29, 0.717) is 16.8 Å². The fourth-order valence-electron chi connectivity index (χ4n) is 3.04. The van der Waals surface area contributed by atoms with Crippen molar-refractivity contribution in [3.63, 3.8) is 0 Å². The van der Waals surface area contributed by atoms with Gasteiger partial charge in [-0.05, 0) is 62.4 Å². The molecule has 1 amide bonds. The second-order valence-electron chi connectivity index (χ2n) is 8.09. The van der Waals surface area contributed by atoms with Crippen molar-refractivity contribution in [2.75, 3.05) is 11.1 Å². The molecular formula is C20H28N2O4S. The van der Waals surface area contributed by atoms with Crippen LogP contribution in [0.5, 0.6) is 0 Å². The predicted octanol–water partition coefficient (Wildman–Crippen LogP) is 3.93. The van der Waals surface area contributed by atoms with Gasteiger partial charge in [-0.1, -0.05) is 25.9 Å². The smallest absolute Gasteiger partial charge is 0.242 e. The van der Waals surface area contributed by atoms with E-state index in [1.165, 1.54) is 0 Å². The van der Waals surface area contributed by atoms with E-state index in [9.17, 15) is 13.2 Å². The third kappa shape index (κ3) is 4.24. The molecule has 0 aliphatic carbocycles. The summed E-state index contributed by atoms with van der Waals surface area (Å²) >= 11 is 0. The van der Waals surface area contributed by atoms with Crippen LogP contribution in [0.15, 0.2) is 15.5 Å². The summed E-state index contributed by atoms with van der Waals surface area (Å²) in [5.41, 5.74) is 4.77. The molecule has 1 aromatic carbocycles. The maximum atomic E-state index is 12.9. The molecule has 6 nitrogen and oxygen atoms in total. The molecule has 0 radical (unpaired) electrons. The van der Waals surface area contributed by atoms with E-state index in [0.717, 1.165) is 16.7 Å². The average Bonchev–Trinajstić information content (AvgIpc) is 2.98. The van der Waals surface area contributed by atoms with Gasteiger partial charge < -0.3 is 4.52 Å². The van der Waals surface area contributed by atoms with Crippen molar-refractivity contribution in [3.8, 4) is 0 Å². The largest absolute Gasteiger partial charge is 0.338 e. The van der Waals surface area contributed by atoms with Crippen LogP contribution in [-0.4, -0.2) is 25.2 Å². The van der Waals surface area contributed by atoms with Crippen LogP contribution in [0, 0.1) is 34.6 Å². The van der Waals surface area contributed by atoms with Gasteiger partial charge >= 0.3 is 0 Å². The van der Waals surface area contributed by atoms with Crippen molar-refractivity contribution in [1.29, 1.82) is 0 Å². The van der Waals surface area contributed by atoms with Crippen molar-refractivity contribution >= 4 is 21.6 Å². The van der Waals surface area contributed by atoms with Gasteiger partial charge in [-0.25, -0.2) is 8.42 Å². The van der Waals surface area contributed by atoms with Crippen molar-refractivity contribution in [2.45, 2.75) is 65.7 Å². The Morgan fingerprint density at radius 1 is 1.00 bits per heavy atom. The first kappa shape index (κ1) is 21.2. The number of amides is 1. The Morgan fingerprint density at radius 3 is 1.93 bits per heavy atom. The van der Waals surface area contributed by atoms with Gasteiger partial charge in [0.25, 0.3) is 0 Å². The molecule has 1 aromatic heterocycles. The van der Waals surface area contributed by atoms with E-state index in [-0.39, 0.29) is 16.2 Å². The number of carbonyl (C=O) groups is 1. The molecule has 2 rings (SSSR count). The first-order valence-electron chi connectivity index (χ1n) is 8.82. The Kier molecular flexibility index (Phi) is 5.57. The Hall–Kier alpha value is -2.15. The van der Waals surface area contributed by atoms with Gasteiger partial charge in [-0.2, -0.15) is 0 Å². The molecule has 148 valence electrons. The lowest BCUT2D eigenvalue weighted by Gasteiger charge is -2.18. The van der Waals surface area contributed by atoms with Gasteiger partial charge in [0.1, 0.15) is 5.75 Å². The van der Waals surface area contributed by atoms with Crippen LogP contribution in [0.1, 0.15) is 54.3 Å². The zero-order valence-electron chi connectivity index (χ0n) is 17.3. The van der Waals surface area contributed by atoms with Gasteiger partial charge in [0.2, 0.25) is 11.8 Å². The fraction of sp³-hybridized carbons (Fsp3) is 0.500. The molecule has 2 aromatic rings. The first-order valence-corrected chi connectivity index (χ1v) is 10.5. The van der Waals surface area contributed by atoms with Gasteiger partial charge in [0.15, 0.2) is 9.84 Å². The molecular weight excluding hydrogens is 364 g/mol. The molecule has 0 saturated heterocycles. The van der Waals surface area contributed by atoms with E-state index in [4.69, 9.17) is 4.52 Å². The fourth-order valence-corrected chi connectivity index (χ4v) is 4.84. The Labute approximate surface area is 161 Å². The Bertz CT molecular complexity index is 967. The minimum Gasteiger partial charge on any atom is -0.338 e. The van der Waals surface area contributed by atoms with Crippen molar-refractivity contribution < 1.29 is 17.7 Å². The molecule has 0 saturated carbocycles. The molecule has 0 unspecified atom stereocenters. The number of hydrogen-bond donors (Lipinski definition) is 1. The number of hydrogen-bond acceptors (Lipinski definition) is 5. The topological polar surface area (TPSA) is 89.3 Å². The number of nitrogens with one attached hydrogen (secondary N) is 1. The molecule has 0 spiro atoms. The molecule has 0 aliphatic rings. The van der Waals surface area contributed by atoms with Gasteiger partial charge in [0, 0.05) is 11.5 Å². The SMILES string of the molecule is Cc1c(C)c(C)c(S(=O)(=O)CC(=O)Nc2cc(C(C)(C)C)no2)c(C)c1C. The maximum Gasteiger partial charge on any atom is 0.242 e. The van der Waals surface area contributed by atoms with E-state index in [1.807, 2.05) is 41.5 Å². The quantitative estimate of drug-likeness (QED) is 0.851. The average molecular weight is 393 g/mol. The number of carbonyl (C=O) groups excluding carboxylic acids is 1. The summed E-state index contributed by atoms with van der Waals surface area (Å²) in [6.45, 7) is 15.2. The van der Waals surface area contributed by atoms with Crippen LogP contribution in [0.2, 0.25) is 0 Å². The van der Waals surface area contributed by atoms with Gasteiger partial charge in [-0.15, -0.1) is 0 Å². The number of rotatable bonds is 4. The lowest BCUT2D eigenvalue weighted by molar-refractivity contribution is -0.114. The zero-order valence-corrected chi connectivity index (χ0v) is 18.1. The highest BCUT2D eigenvalue weighted by atomic mass is 32.2. The molecule has 0 fully saturated rings. The Balaban J connectivity index is 2.29. The van der Waals surface area contributed by atoms with Crippen LogP contribution < -0.4 is 5.32 Å².